The summed E-state index contributed by atoms with van der Waals surface area (Å²) in [6.45, 7) is 11.5. The highest BCUT2D eigenvalue weighted by Gasteiger charge is 2.26. The van der Waals surface area contributed by atoms with Gasteiger partial charge in [-0.15, -0.1) is 0 Å². The number of hydrogen-bond acceptors (Lipinski definition) is 3. The number of nitrogens with zero attached hydrogens (tertiary/aromatic N) is 1. The van der Waals surface area contributed by atoms with E-state index in [1.807, 2.05) is 0 Å². The summed E-state index contributed by atoms with van der Waals surface area (Å²) >= 11 is 0. The maximum atomic E-state index is 5.15. The van der Waals surface area contributed by atoms with E-state index in [1.54, 1.807) is 7.11 Å². The Kier molecular flexibility index (Phi) is 8.67. The quantitative estimate of drug-likeness (QED) is 0.652. The molecule has 0 spiro atoms. The van der Waals surface area contributed by atoms with Crippen LogP contribution in [-0.4, -0.2) is 50.3 Å². The van der Waals surface area contributed by atoms with E-state index in [1.165, 1.54) is 51.7 Å². The molecule has 0 aromatic rings. The summed E-state index contributed by atoms with van der Waals surface area (Å²) in [5.41, 5.74) is 0. The van der Waals surface area contributed by atoms with Crippen molar-refractivity contribution in [3.63, 3.8) is 0 Å². The lowest BCUT2D eigenvalue weighted by molar-refractivity contribution is 0.108. The van der Waals surface area contributed by atoms with Crippen LogP contribution < -0.4 is 5.32 Å². The minimum absolute atomic E-state index is 0.690. The third kappa shape index (κ3) is 6.73. The van der Waals surface area contributed by atoms with E-state index in [9.17, 15) is 0 Å². The summed E-state index contributed by atoms with van der Waals surface area (Å²) in [5, 5.41) is 3.75. The zero-order valence-corrected chi connectivity index (χ0v) is 13.5. The Balaban J connectivity index is 2.38. The Morgan fingerprint density at radius 1 is 1.32 bits per heavy atom. The number of nitrogens with one attached hydrogen (secondary N) is 1. The Bertz CT molecular complexity index is 221. The largest absolute Gasteiger partial charge is 0.385 e. The fraction of sp³-hybridized carbons (Fsp3) is 1.00. The van der Waals surface area contributed by atoms with Gasteiger partial charge in [0.2, 0.25) is 0 Å². The van der Waals surface area contributed by atoms with Gasteiger partial charge in [-0.1, -0.05) is 27.2 Å². The van der Waals surface area contributed by atoms with Crippen LogP contribution in [0.1, 0.15) is 52.9 Å². The normalized spacial score (nSPS) is 25.1. The average molecular weight is 270 g/mol. The van der Waals surface area contributed by atoms with Crippen molar-refractivity contribution in [2.24, 2.45) is 5.92 Å². The van der Waals surface area contributed by atoms with E-state index in [0.29, 0.717) is 6.04 Å². The summed E-state index contributed by atoms with van der Waals surface area (Å²) in [6.07, 6.45) is 6.37. The number of piperazine rings is 1. The highest BCUT2D eigenvalue weighted by molar-refractivity contribution is 4.86. The van der Waals surface area contributed by atoms with Crippen LogP contribution in [0.5, 0.6) is 0 Å². The molecule has 1 fully saturated rings. The second-order valence-electron chi connectivity index (χ2n) is 6.37. The van der Waals surface area contributed by atoms with E-state index < -0.39 is 0 Å². The summed E-state index contributed by atoms with van der Waals surface area (Å²) < 4.78 is 5.15. The van der Waals surface area contributed by atoms with Crippen molar-refractivity contribution in [2.75, 3.05) is 33.4 Å². The Labute approximate surface area is 120 Å². The molecule has 0 amide bonds. The minimum atomic E-state index is 0.690. The van der Waals surface area contributed by atoms with E-state index in [4.69, 9.17) is 4.74 Å². The van der Waals surface area contributed by atoms with Gasteiger partial charge < -0.3 is 10.1 Å². The molecule has 1 aliphatic rings. The van der Waals surface area contributed by atoms with Gasteiger partial charge in [0.25, 0.3) is 0 Å². The second-order valence-corrected chi connectivity index (χ2v) is 6.37. The van der Waals surface area contributed by atoms with Gasteiger partial charge in [0.05, 0.1) is 0 Å². The van der Waals surface area contributed by atoms with Crippen LogP contribution in [0.3, 0.4) is 0 Å². The molecule has 2 atom stereocenters. The lowest BCUT2D eigenvalue weighted by Gasteiger charge is -2.41. The molecule has 1 heterocycles. The lowest BCUT2D eigenvalue weighted by atomic mass is 9.98. The average Bonchev–Trinajstić information content (AvgIpc) is 2.37. The number of hydrogen-bond donors (Lipinski definition) is 1. The standard InChI is InChI=1S/C16H34N2O/c1-5-8-16-12-17-15(11-14(2)3)13-18(16)9-6-7-10-19-4/h14-17H,5-13H2,1-4H3. The van der Waals surface area contributed by atoms with Crippen LogP contribution in [0, 0.1) is 5.92 Å². The first kappa shape index (κ1) is 16.9. The van der Waals surface area contributed by atoms with Crippen molar-refractivity contribution < 1.29 is 4.74 Å². The van der Waals surface area contributed by atoms with Crippen molar-refractivity contribution in [3.8, 4) is 0 Å². The first-order chi connectivity index (χ1) is 9.17. The molecule has 0 aromatic heterocycles. The second kappa shape index (κ2) is 9.73. The molecule has 1 saturated heterocycles. The highest BCUT2D eigenvalue weighted by Crippen LogP contribution is 2.17. The molecule has 19 heavy (non-hydrogen) atoms. The van der Waals surface area contributed by atoms with E-state index in [-0.39, 0.29) is 0 Å². The van der Waals surface area contributed by atoms with Crippen LogP contribution in [0.4, 0.5) is 0 Å². The summed E-state index contributed by atoms with van der Waals surface area (Å²) in [6, 6.07) is 1.44. The van der Waals surface area contributed by atoms with Gasteiger partial charge in [0.15, 0.2) is 0 Å². The van der Waals surface area contributed by atoms with E-state index >= 15 is 0 Å². The molecule has 0 radical (unpaired) electrons. The van der Waals surface area contributed by atoms with E-state index in [0.717, 1.165) is 18.6 Å². The fourth-order valence-corrected chi connectivity index (χ4v) is 3.11. The summed E-state index contributed by atoms with van der Waals surface area (Å²) in [5.74, 6) is 0.788. The molecule has 0 bridgehead atoms. The van der Waals surface area contributed by atoms with Crippen molar-refractivity contribution in [2.45, 2.75) is 65.0 Å². The van der Waals surface area contributed by atoms with Crippen LogP contribution in [0.25, 0.3) is 0 Å². The smallest absolute Gasteiger partial charge is 0.0462 e. The molecule has 3 heteroatoms. The third-order valence-corrected chi connectivity index (χ3v) is 4.04. The molecule has 1 rings (SSSR count). The van der Waals surface area contributed by atoms with Gasteiger partial charge in [0.1, 0.15) is 0 Å². The summed E-state index contributed by atoms with van der Waals surface area (Å²) in [7, 11) is 1.80. The van der Waals surface area contributed by atoms with Crippen LogP contribution in [0.2, 0.25) is 0 Å². The monoisotopic (exact) mass is 270 g/mol. The first-order valence-corrected chi connectivity index (χ1v) is 8.13. The van der Waals surface area contributed by atoms with Gasteiger partial charge in [-0.25, -0.2) is 0 Å². The van der Waals surface area contributed by atoms with Crippen molar-refractivity contribution in [3.05, 3.63) is 0 Å². The number of methoxy groups -OCH3 is 1. The first-order valence-electron chi connectivity index (χ1n) is 8.13. The predicted molar refractivity (Wildman–Crippen MR) is 82.6 cm³/mol. The molecule has 0 aromatic carbocycles. The van der Waals surface area contributed by atoms with Gasteiger partial charge in [-0.3, -0.25) is 4.90 Å². The number of rotatable bonds is 9. The fourth-order valence-electron chi connectivity index (χ4n) is 3.11. The zero-order chi connectivity index (χ0) is 14.1. The van der Waals surface area contributed by atoms with Crippen LogP contribution >= 0.6 is 0 Å². The van der Waals surface area contributed by atoms with Gasteiger partial charge >= 0.3 is 0 Å². The Hall–Kier alpha value is -0.120. The number of unbranched alkanes of at least 4 members (excludes halogenated alkanes) is 1. The van der Waals surface area contributed by atoms with Crippen molar-refractivity contribution in [1.29, 1.82) is 0 Å². The van der Waals surface area contributed by atoms with Gasteiger partial charge in [-0.05, 0) is 38.1 Å². The molecule has 1 aliphatic heterocycles. The zero-order valence-electron chi connectivity index (χ0n) is 13.5. The molecule has 114 valence electrons. The lowest BCUT2D eigenvalue weighted by Crippen LogP contribution is -2.56. The molecule has 0 saturated carbocycles. The molecule has 2 unspecified atom stereocenters. The van der Waals surface area contributed by atoms with Crippen molar-refractivity contribution >= 4 is 0 Å². The third-order valence-electron chi connectivity index (χ3n) is 4.04. The topological polar surface area (TPSA) is 24.5 Å². The number of ether oxygens (including phenoxy) is 1. The Morgan fingerprint density at radius 2 is 2.11 bits per heavy atom. The van der Waals surface area contributed by atoms with E-state index in [2.05, 4.69) is 31.0 Å². The molecular weight excluding hydrogens is 236 g/mol. The molecule has 1 N–H and O–H groups in total. The molecular formula is C16H34N2O. The predicted octanol–water partition coefficient (Wildman–Crippen LogP) is 2.90. The van der Waals surface area contributed by atoms with Crippen molar-refractivity contribution in [1.82, 2.24) is 10.2 Å². The summed E-state index contributed by atoms with van der Waals surface area (Å²) in [4.78, 5) is 2.72. The van der Waals surface area contributed by atoms with Gasteiger partial charge in [0, 0.05) is 38.9 Å². The SMILES string of the molecule is CCCC1CNC(CC(C)C)CN1CCCCOC. The molecule has 3 nitrogen and oxygen atoms in total. The maximum Gasteiger partial charge on any atom is 0.0462 e. The molecule has 0 aliphatic carbocycles. The van der Waals surface area contributed by atoms with Crippen LogP contribution in [0.15, 0.2) is 0 Å². The van der Waals surface area contributed by atoms with Crippen LogP contribution in [-0.2, 0) is 4.74 Å². The highest BCUT2D eigenvalue weighted by atomic mass is 16.5. The maximum absolute atomic E-state index is 5.15. The minimum Gasteiger partial charge on any atom is -0.385 e. The van der Waals surface area contributed by atoms with Gasteiger partial charge in [-0.2, -0.15) is 0 Å². The Morgan fingerprint density at radius 3 is 2.74 bits per heavy atom.